The number of carbonyl (C=O) groups excluding carboxylic acids is 1. The first-order valence-electron chi connectivity index (χ1n) is 6.89. The van der Waals surface area contributed by atoms with Crippen molar-refractivity contribution in [2.45, 2.75) is 34.1 Å². The third-order valence-electron chi connectivity index (χ3n) is 3.64. The number of fused-ring (bicyclic) bond motifs is 1. The Hall–Kier alpha value is -1.77. The van der Waals surface area contributed by atoms with E-state index in [0.717, 1.165) is 23.9 Å². The van der Waals surface area contributed by atoms with Crippen molar-refractivity contribution >= 4 is 16.8 Å². The molecule has 2 N–H and O–H groups in total. The van der Waals surface area contributed by atoms with Crippen LogP contribution in [0, 0.1) is 19.8 Å². The molecule has 0 fully saturated rings. The lowest BCUT2D eigenvalue weighted by atomic mass is 10.1. The molecule has 0 spiro atoms. The molecule has 0 saturated heterocycles. The van der Waals surface area contributed by atoms with E-state index >= 15 is 0 Å². The molecule has 3 heteroatoms. The molecule has 102 valence electrons. The summed E-state index contributed by atoms with van der Waals surface area (Å²) >= 11 is 0. The van der Waals surface area contributed by atoms with E-state index < -0.39 is 0 Å². The van der Waals surface area contributed by atoms with E-state index in [-0.39, 0.29) is 5.91 Å². The highest BCUT2D eigenvalue weighted by molar-refractivity contribution is 5.98. The molecule has 3 nitrogen and oxygen atoms in total. The van der Waals surface area contributed by atoms with Crippen molar-refractivity contribution in [3.8, 4) is 0 Å². The van der Waals surface area contributed by atoms with Gasteiger partial charge in [0.1, 0.15) is 5.69 Å². The first-order valence-corrected chi connectivity index (χ1v) is 6.89. The summed E-state index contributed by atoms with van der Waals surface area (Å²) in [5.41, 5.74) is 4.09. The molecule has 2 aromatic rings. The van der Waals surface area contributed by atoms with E-state index in [4.69, 9.17) is 0 Å². The highest BCUT2D eigenvalue weighted by Gasteiger charge is 2.11. The van der Waals surface area contributed by atoms with Gasteiger partial charge in [-0.1, -0.05) is 26.3 Å². The van der Waals surface area contributed by atoms with E-state index in [0.29, 0.717) is 11.6 Å². The van der Waals surface area contributed by atoms with E-state index in [2.05, 4.69) is 50.1 Å². The summed E-state index contributed by atoms with van der Waals surface area (Å²) in [6.07, 6.45) is 1.07. The zero-order chi connectivity index (χ0) is 14.0. The van der Waals surface area contributed by atoms with Crippen molar-refractivity contribution in [3.05, 3.63) is 35.0 Å². The molecule has 1 aromatic heterocycles. The Morgan fingerprint density at radius 2 is 2.05 bits per heavy atom. The minimum atomic E-state index is -0.0199. The Morgan fingerprint density at radius 3 is 2.74 bits per heavy atom. The Kier molecular flexibility index (Phi) is 3.93. The predicted octanol–water partition coefficient (Wildman–Crippen LogP) is 3.56. The molecular weight excluding hydrogens is 236 g/mol. The first-order chi connectivity index (χ1) is 9.01. The average molecular weight is 258 g/mol. The normalized spacial score (nSPS) is 12.6. The molecule has 0 aliphatic rings. The molecule has 1 amide bonds. The molecular formula is C16H22N2O. The monoisotopic (exact) mass is 258 g/mol. The van der Waals surface area contributed by atoms with Crippen LogP contribution in [-0.2, 0) is 0 Å². The third-order valence-corrected chi connectivity index (χ3v) is 3.64. The number of benzene rings is 1. The van der Waals surface area contributed by atoms with E-state index in [1.807, 2.05) is 6.07 Å². The van der Waals surface area contributed by atoms with Crippen LogP contribution in [0.5, 0.6) is 0 Å². The first kappa shape index (κ1) is 13.7. The van der Waals surface area contributed by atoms with Gasteiger partial charge in [0.15, 0.2) is 0 Å². The molecule has 0 saturated carbocycles. The Labute approximate surface area is 114 Å². The second-order valence-corrected chi connectivity index (χ2v) is 5.45. The lowest BCUT2D eigenvalue weighted by Crippen LogP contribution is -2.28. The van der Waals surface area contributed by atoms with Gasteiger partial charge >= 0.3 is 0 Å². The maximum absolute atomic E-state index is 12.1. The zero-order valence-electron chi connectivity index (χ0n) is 12.1. The number of hydrogen-bond acceptors (Lipinski definition) is 1. The quantitative estimate of drug-likeness (QED) is 0.865. The Balaban J connectivity index is 2.21. The number of amides is 1. The largest absolute Gasteiger partial charge is 0.351 e. The van der Waals surface area contributed by atoms with Crippen molar-refractivity contribution in [2.24, 2.45) is 5.92 Å². The Bertz CT molecular complexity index is 598. The highest BCUT2D eigenvalue weighted by atomic mass is 16.1. The van der Waals surface area contributed by atoms with Crippen LogP contribution in [-0.4, -0.2) is 17.4 Å². The second kappa shape index (κ2) is 5.47. The van der Waals surface area contributed by atoms with Gasteiger partial charge in [-0.2, -0.15) is 0 Å². The molecule has 1 heterocycles. The summed E-state index contributed by atoms with van der Waals surface area (Å²) in [5.74, 6) is 0.492. The van der Waals surface area contributed by atoms with Gasteiger partial charge in [-0.05, 0) is 43.0 Å². The number of hydrogen-bond donors (Lipinski definition) is 2. The lowest BCUT2D eigenvalue weighted by molar-refractivity contribution is 0.0943. The SMILES string of the molecule is CCC(C)CNC(=O)c1cc2c(C)cc(C)cc2[nH]1. The van der Waals surface area contributed by atoms with Crippen molar-refractivity contribution in [2.75, 3.05) is 6.54 Å². The van der Waals surface area contributed by atoms with Crippen LogP contribution < -0.4 is 5.32 Å². The van der Waals surface area contributed by atoms with Crippen LogP contribution in [0.4, 0.5) is 0 Å². The minimum absolute atomic E-state index is 0.0199. The number of rotatable bonds is 4. The van der Waals surface area contributed by atoms with Gasteiger partial charge in [-0.15, -0.1) is 0 Å². The van der Waals surface area contributed by atoms with Crippen molar-refractivity contribution in [3.63, 3.8) is 0 Å². The van der Waals surface area contributed by atoms with Gasteiger partial charge in [0.25, 0.3) is 5.91 Å². The second-order valence-electron chi connectivity index (χ2n) is 5.45. The van der Waals surface area contributed by atoms with E-state index in [1.54, 1.807) is 0 Å². The molecule has 0 radical (unpaired) electrons. The van der Waals surface area contributed by atoms with Crippen LogP contribution in [0.2, 0.25) is 0 Å². The molecule has 19 heavy (non-hydrogen) atoms. The fourth-order valence-corrected chi connectivity index (χ4v) is 2.23. The summed E-state index contributed by atoms with van der Waals surface area (Å²) in [7, 11) is 0. The fourth-order valence-electron chi connectivity index (χ4n) is 2.23. The fraction of sp³-hybridized carbons (Fsp3) is 0.438. The van der Waals surface area contributed by atoms with Gasteiger partial charge in [0.05, 0.1) is 0 Å². The summed E-state index contributed by atoms with van der Waals surface area (Å²) in [5, 5.41) is 4.10. The van der Waals surface area contributed by atoms with Crippen LogP contribution >= 0.6 is 0 Å². The van der Waals surface area contributed by atoms with Crippen molar-refractivity contribution in [1.29, 1.82) is 0 Å². The van der Waals surface area contributed by atoms with Gasteiger partial charge < -0.3 is 10.3 Å². The van der Waals surface area contributed by atoms with Gasteiger partial charge in [0.2, 0.25) is 0 Å². The average Bonchev–Trinajstić information content (AvgIpc) is 2.79. The number of aryl methyl sites for hydroxylation is 2. The standard InChI is InChI=1S/C16H22N2O/c1-5-10(2)9-17-16(19)15-8-13-12(4)6-11(3)7-14(13)18-15/h6-8,10,18H,5,9H2,1-4H3,(H,17,19). The van der Waals surface area contributed by atoms with Crippen LogP contribution in [0.1, 0.15) is 41.9 Å². The third kappa shape index (κ3) is 2.98. The molecule has 0 bridgehead atoms. The molecule has 0 aliphatic carbocycles. The van der Waals surface area contributed by atoms with Gasteiger partial charge in [-0.3, -0.25) is 4.79 Å². The lowest BCUT2D eigenvalue weighted by Gasteiger charge is -2.08. The summed E-state index contributed by atoms with van der Waals surface area (Å²) in [6, 6.07) is 6.15. The number of nitrogens with one attached hydrogen (secondary N) is 2. The Morgan fingerprint density at radius 1 is 1.32 bits per heavy atom. The number of H-pyrrole nitrogens is 1. The van der Waals surface area contributed by atoms with Crippen molar-refractivity contribution < 1.29 is 4.79 Å². The maximum Gasteiger partial charge on any atom is 0.267 e. The molecule has 1 aromatic carbocycles. The van der Waals surface area contributed by atoms with Crippen LogP contribution in [0.3, 0.4) is 0 Å². The smallest absolute Gasteiger partial charge is 0.267 e. The predicted molar refractivity (Wildman–Crippen MR) is 79.6 cm³/mol. The molecule has 2 rings (SSSR count). The number of carbonyl (C=O) groups is 1. The van der Waals surface area contributed by atoms with Crippen molar-refractivity contribution in [1.82, 2.24) is 10.3 Å². The highest BCUT2D eigenvalue weighted by Crippen LogP contribution is 2.21. The van der Waals surface area contributed by atoms with Crippen LogP contribution in [0.25, 0.3) is 10.9 Å². The minimum Gasteiger partial charge on any atom is -0.351 e. The summed E-state index contributed by atoms with van der Waals surface area (Å²) in [6.45, 7) is 9.13. The summed E-state index contributed by atoms with van der Waals surface area (Å²) in [4.78, 5) is 15.3. The molecule has 0 aliphatic heterocycles. The van der Waals surface area contributed by atoms with Gasteiger partial charge in [0, 0.05) is 17.4 Å². The molecule has 1 atom stereocenters. The maximum atomic E-state index is 12.1. The summed E-state index contributed by atoms with van der Waals surface area (Å²) < 4.78 is 0. The van der Waals surface area contributed by atoms with E-state index in [1.165, 1.54) is 11.1 Å². The van der Waals surface area contributed by atoms with E-state index in [9.17, 15) is 4.79 Å². The number of aromatic amines is 1. The van der Waals surface area contributed by atoms with Crippen LogP contribution in [0.15, 0.2) is 18.2 Å². The number of aromatic nitrogens is 1. The zero-order valence-corrected chi connectivity index (χ0v) is 12.1. The molecule has 1 unspecified atom stereocenters. The van der Waals surface area contributed by atoms with Gasteiger partial charge in [-0.25, -0.2) is 0 Å². The topological polar surface area (TPSA) is 44.9 Å².